The second kappa shape index (κ2) is 7.31. The molecule has 2 heterocycles. The molecule has 0 bridgehead atoms. The molecule has 5 heteroatoms. The molecule has 0 fully saturated rings. The van der Waals surface area contributed by atoms with E-state index in [0.717, 1.165) is 42.9 Å². The normalized spacial score (nSPS) is 12.6. The van der Waals surface area contributed by atoms with E-state index in [0.29, 0.717) is 0 Å². The smallest absolute Gasteiger partial charge is 0.0760 e. The molecular weight excluding hydrogens is 262 g/mol. The van der Waals surface area contributed by atoms with Gasteiger partial charge in [-0.3, -0.25) is 14.6 Å². The Morgan fingerprint density at radius 3 is 2.62 bits per heavy atom. The number of hydrogen-bond donors (Lipinski definition) is 1. The van der Waals surface area contributed by atoms with Gasteiger partial charge in [0.25, 0.3) is 0 Å². The second-order valence-electron chi connectivity index (χ2n) is 5.40. The molecular formula is C16H25N5. The number of aromatic nitrogens is 4. The summed E-state index contributed by atoms with van der Waals surface area (Å²) in [6.07, 6.45) is 6.64. The largest absolute Gasteiger partial charge is 0.308 e. The van der Waals surface area contributed by atoms with Crippen molar-refractivity contribution in [2.24, 2.45) is 7.05 Å². The Bertz CT molecular complexity index is 559. The zero-order chi connectivity index (χ0) is 15.2. The summed E-state index contributed by atoms with van der Waals surface area (Å²) in [6.45, 7) is 7.23. The summed E-state index contributed by atoms with van der Waals surface area (Å²) in [4.78, 5) is 8.90. The lowest BCUT2D eigenvalue weighted by Gasteiger charge is -2.18. The van der Waals surface area contributed by atoms with E-state index in [-0.39, 0.29) is 6.04 Å². The Kier molecular flexibility index (Phi) is 5.44. The molecule has 1 atom stereocenters. The van der Waals surface area contributed by atoms with E-state index >= 15 is 0 Å². The Hall–Kier alpha value is -1.75. The molecule has 0 saturated heterocycles. The zero-order valence-corrected chi connectivity index (χ0v) is 13.4. The molecule has 0 aliphatic rings. The first-order chi connectivity index (χ1) is 10.1. The first kappa shape index (κ1) is 15.6. The van der Waals surface area contributed by atoms with Crippen LogP contribution in [0.2, 0.25) is 0 Å². The van der Waals surface area contributed by atoms with E-state index in [9.17, 15) is 0 Å². The number of aryl methyl sites for hydroxylation is 3. The van der Waals surface area contributed by atoms with Crippen molar-refractivity contribution in [3.63, 3.8) is 0 Å². The van der Waals surface area contributed by atoms with Crippen LogP contribution in [0.5, 0.6) is 0 Å². The van der Waals surface area contributed by atoms with Gasteiger partial charge in [0, 0.05) is 25.4 Å². The lowest BCUT2D eigenvalue weighted by molar-refractivity contribution is 0.500. The number of hydrogen-bond acceptors (Lipinski definition) is 4. The molecule has 1 unspecified atom stereocenters. The van der Waals surface area contributed by atoms with Crippen LogP contribution in [0.3, 0.4) is 0 Å². The van der Waals surface area contributed by atoms with Crippen LogP contribution in [0.25, 0.3) is 0 Å². The van der Waals surface area contributed by atoms with E-state index in [1.165, 1.54) is 5.69 Å². The van der Waals surface area contributed by atoms with Crippen molar-refractivity contribution >= 4 is 0 Å². The highest BCUT2D eigenvalue weighted by Crippen LogP contribution is 2.17. The third-order valence-electron chi connectivity index (χ3n) is 3.60. The first-order valence-corrected chi connectivity index (χ1v) is 7.67. The fraction of sp³-hybridized carbons (Fsp3) is 0.562. The molecule has 5 nitrogen and oxygen atoms in total. The van der Waals surface area contributed by atoms with Crippen molar-refractivity contribution in [3.05, 3.63) is 41.2 Å². The van der Waals surface area contributed by atoms with Crippen molar-refractivity contribution in [3.8, 4) is 0 Å². The van der Waals surface area contributed by atoms with Crippen LogP contribution in [0.1, 0.15) is 49.1 Å². The summed E-state index contributed by atoms with van der Waals surface area (Å²) >= 11 is 0. The van der Waals surface area contributed by atoms with Gasteiger partial charge in [0.15, 0.2) is 0 Å². The average Bonchev–Trinajstić information content (AvgIpc) is 2.85. The molecule has 0 aromatic carbocycles. The summed E-state index contributed by atoms with van der Waals surface area (Å²) in [5.74, 6) is 0. The van der Waals surface area contributed by atoms with Crippen molar-refractivity contribution in [2.45, 2.75) is 46.1 Å². The molecule has 0 saturated carbocycles. The van der Waals surface area contributed by atoms with Crippen molar-refractivity contribution < 1.29 is 0 Å². The average molecular weight is 287 g/mol. The standard InChI is InChI=1S/C16H25N5/c1-5-7-17-15(16-11-18-12(3)10-19-16)9-14-8-13(6-2)20-21(14)4/h8,10-11,15,17H,5-7,9H2,1-4H3. The molecule has 21 heavy (non-hydrogen) atoms. The highest BCUT2D eigenvalue weighted by atomic mass is 15.3. The van der Waals surface area contributed by atoms with Crippen LogP contribution in [0, 0.1) is 6.92 Å². The fourth-order valence-corrected chi connectivity index (χ4v) is 2.33. The van der Waals surface area contributed by atoms with Gasteiger partial charge in [0.05, 0.1) is 29.3 Å². The first-order valence-electron chi connectivity index (χ1n) is 7.67. The predicted molar refractivity (Wildman–Crippen MR) is 84.1 cm³/mol. The molecule has 0 spiro atoms. The van der Waals surface area contributed by atoms with Gasteiger partial charge >= 0.3 is 0 Å². The fourth-order valence-electron chi connectivity index (χ4n) is 2.33. The SMILES string of the molecule is CCCNC(Cc1cc(CC)nn1C)c1cnc(C)cn1. The van der Waals surface area contributed by atoms with E-state index < -0.39 is 0 Å². The Morgan fingerprint density at radius 1 is 1.24 bits per heavy atom. The maximum absolute atomic E-state index is 4.53. The van der Waals surface area contributed by atoms with Gasteiger partial charge in [0.2, 0.25) is 0 Å². The van der Waals surface area contributed by atoms with E-state index in [2.05, 4.69) is 40.3 Å². The zero-order valence-electron chi connectivity index (χ0n) is 13.4. The molecule has 1 N–H and O–H groups in total. The minimum absolute atomic E-state index is 0.179. The van der Waals surface area contributed by atoms with Crippen LogP contribution in [0.4, 0.5) is 0 Å². The van der Waals surface area contributed by atoms with Crippen LogP contribution in [-0.2, 0) is 19.9 Å². The van der Waals surface area contributed by atoms with Gasteiger partial charge in [-0.15, -0.1) is 0 Å². The Morgan fingerprint density at radius 2 is 2.05 bits per heavy atom. The third-order valence-corrected chi connectivity index (χ3v) is 3.60. The number of rotatable bonds is 7. The Balaban J connectivity index is 2.19. The van der Waals surface area contributed by atoms with Crippen LogP contribution >= 0.6 is 0 Å². The lowest BCUT2D eigenvalue weighted by atomic mass is 10.1. The maximum Gasteiger partial charge on any atom is 0.0760 e. The topological polar surface area (TPSA) is 55.6 Å². The van der Waals surface area contributed by atoms with Gasteiger partial charge in [-0.25, -0.2) is 0 Å². The van der Waals surface area contributed by atoms with Gasteiger partial charge in [-0.2, -0.15) is 5.10 Å². The molecule has 2 aromatic rings. The summed E-state index contributed by atoms with van der Waals surface area (Å²) in [5.41, 5.74) is 4.30. The van der Waals surface area contributed by atoms with Crippen molar-refractivity contribution in [1.29, 1.82) is 0 Å². The third kappa shape index (κ3) is 4.11. The molecule has 0 amide bonds. The summed E-state index contributed by atoms with van der Waals surface area (Å²) in [5, 5.41) is 8.09. The van der Waals surface area contributed by atoms with Gasteiger partial charge in [0.1, 0.15) is 0 Å². The summed E-state index contributed by atoms with van der Waals surface area (Å²) < 4.78 is 1.97. The molecule has 114 valence electrons. The second-order valence-corrected chi connectivity index (χ2v) is 5.40. The summed E-state index contributed by atoms with van der Waals surface area (Å²) in [6, 6.07) is 2.36. The molecule has 2 rings (SSSR count). The highest BCUT2D eigenvalue weighted by Gasteiger charge is 2.16. The molecule has 0 radical (unpaired) electrons. The van der Waals surface area contributed by atoms with Crippen LogP contribution < -0.4 is 5.32 Å². The maximum atomic E-state index is 4.53. The van der Waals surface area contributed by atoms with Gasteiger partial charge in [-0.05, 0) is 32.4 Å². The molecule has 2 aromatic heterocycles. The minimum atomic E-state index is 0.179. The van der Waals surface area contributed by atoms with Crippen molar-refractivity contribution in [2.75, 3.05) is 6.54 Å². The monoisotopic (exact) mass is 287 g/mol. The minimum Gasteiger partial charge on any atom is -0.308 e. The molecule has 0 aliphatic heterocycles. The van der Waals surface area contributed by atoms with Gasteiger partial charge < -0.3 is 5.32 Å². The predicted octanol–water partition coefficient (Wildman–Crippen LogP) is 2.36. The van der Waals surface area contributed by atoms with E-state index in [4.69, 9.17) is 0 Å². The van der Waals surface area contributed by atoms with Crippen LogP contribution in [0.15, 0.2) is 18.5 Å². The highest BCUT2D eigenvalue weighted by molar-refractivity contribution is 5.15. The lowest BCUT2D eigenvalue weighted by Crippen LogP contribution is -2.26. The van der Waals surface area contributed by atoms with Crippen molar-refractivity contribution in [1.82, 2.24) is 25.1 Å². The van der Waals surface area contributed by atoms with Gasteiger partial charge in [-0.1, -0.05) is 13.8 Å². The number of nitrogens with zero attached hydrogens (tertiary/aromatic N) is 4. The Labute approximate surface area is 126 Å². The summed E-state index contributed by atoms with van der Waals surface area (Å²) in [7, 11) is 2.01. The van der Waals surface area contributed by atoms with E-state index in [1.807, 2.05) is 31.0 Å². The quantitative estimate of drug-likeness (QED) is 0.849. The molecule has 0 aliphatic carbocycles. The van der Waals surface area contributed by atoms with E-state index in [1.54, 1.807) is 0 Å². The van der Waals surface area contributed by atoms with Crippen LogP contribution in [-0.4, -0.2) is 26.3 Å². The number of nitrogens with one attached hydrogen (secondary N) is 1.